The average Bonchev–Trinajstić information content (AvgIpc) is 3.43. The Labute approximate surface area is 179 Å². The minimum absolute atomic E-state index is 0.0102. The summed E-state index contributed by atoms with van der Waals surface area (Å²) in [6, 6.07) is 20.0. The number of benzene rings is 1. The van der Waals surface area contributed by atoms with Gasteiger partial charge in [0.1, 0.15) is 6.04 Å². The number of nitrogens with zero attached hydrogens (tertiary/aromatic N) is 6. The molecule has 31 heavy (non-hydrogen) atoms. The van der Waals surface area contributed by atoms with Crippen molar-refractivity contribution < 1.29 is 4.74 Å². The van der Waals surface area contributed by atoms with Crippen molar-refractivity contribution in [2.75, 3.05) is 19.5 Å². The third-order valence-corrected chi connectivity index (χ3v) is 5.12. The highest BCUT2D eigenvalue weighted by molar-refractivity contribution is 5.68. The van der Waals surface area contributed by atoms with Gasteiger partial charge in [0.15, 0.2) is 5.65 Å². The average molecular weight is 411 g/mol. The second-order valence-corrected chi connectivity index (χ2v) is 7.19. The first-order chi connectivity index (χ1) is 15.2. The van der Waals surface area contributed by atoms with Crippen LogP contribution in [0.1, 0.15) is 11.6 Å². The minimum atomic E-state index is -0.0102. The predicted octanol–water partition coefficient (Wildman–Crippen LogP) is 3.47. The van der Waals surface area contributed by atoms with E-state index < -0.39 is 0 Å². The Morgan fingerprint density at radius 2 is 1.77 bits per heavy atom. The van der Waals surface area contributed by atoms with Crippen LogP contribution in [-0.4, -0.2) is 43.1 Å². The Balaban J connectivity index is 1.48. The Kier molecular flexibility index (Phi) is 4.89. The van der Waals surface area contributed by atoms with E-state index in [0.29, 0.717) is 12.3 Å². The molecule has 1 aromatic carbocycles. The number of fused-ring (bicyclic) bond motifs is 1. The Morgan fingerprint density at radius 1 is 0.968 bits per heavy atom. The molecule has 8 heteroatoms. The van der Waals surface area contributed by atoms with E-state index >= 15 is 0 Å². The van der Waals surface area contributed by atoms with Crippen molar-refractivity contribution in [2.45, 2.75) is 6.04 Å². The van der Waals surface area contributed by atoms with Gasteiger partial charge in [-0.2, -0.15) is 10.1 Å². The molecule has 1 unspecified atom stereocenters. The molecule has 1 atom stereocenters. The molecule has 2 N–H and O–H groups in total. The summed E-state index contributed by atoms with van der Waals surface area (Å²) in [5.74, 6) is 0.246. The van der Waals surface area contributed by atoms with Gasteiger partial charge in [-0.05, 0) is 29.8 Å². The van der Waals surface area contributed by atoms with Gasteiger partial charge in [-0.25, -0.2) is 9.50 Å². The first-order valence-corrected chi connectivity index (χ1v) is 9.89. The number of hydrogen-bond donors (Lipinski definition) is 1. The SMILES string of the molecule is COCC(c1ccccc1)n1cc(-c2cccc(-c3ccn4nc(N)nc4c3)n2)cn1. The molecule has 0 spiro atoms. The fourth-order valence-electron chi connectivity index (χ4n) is 3.61. The van der Waals surface area contributed by atoms with Crippen LogP contribution in [0.4, 0.5) is 5.95 Å². The number of aromatic nitrogens is 6. The molecule has 5 aromatic rings. The third kappa shape index (κ3) is 3.76. The van der Waals surface area contributed by atoms with Crippen LogP contribution in [0, 0.1) is 0 Å². The first-order valence-electron chi connectivity index (χ1n) is 9.89. The second kappa shape index (κ2) is 8.00. The largest absolute Gasteiger partial charge is 0.382 e. The van der Waals surface area contributed by atoms with Crippen molar-refractivity contribution in [2.24, 2.45) is 0 Å². The fraction of sp³-hybridized carbons (Fsp3) is 0.130. The Bertz CT molecular complexity index is 1330. The van der Waals surface area contributed by atoms with Gasteiger partial charge in [0.05, 0.1) is 24.2 Å². The highest BCUT2D eigenvalue weighted by Gasteiger charge is 2.16. The van der Waals surface area contributed by atoms with Gasteiger partial charge in [0.2, 0.25) is 5.95 Å². The normalized spacial score (nSPS) is 12.3. The van der Waals surface area contributed by atoms with E-state index in [9.17, 15) is 0 Å². The summed E-state index contributed by atoms with van der Waals surface area (Å²) in [5.41, 5.74) is 11.1. The summed E-state index contributed by atoms with van der Waals surface area (Å²) in [4.78, 5) is 9.07. The van der Waals surface area contributed by atoms with Crippen molar-refractivity contribution in [3.63, 3.8) is 0 Å². The number of hydrogen-bond acceptors (Lipinski definition) is 6. The Morgan fingerprint density at radius 3 is 2.58 bits per heavy atom. The van der Waals surface area contributed by atoms with Crippen molar-refractivity contribution in [1.82, 2.24) is 29.4 Å². The summed E-state index contributed by atoms with van der Waals surface area (Å²) in [7, 11) is 1.70. The molecule has 0 aliphatic rings. The molecule has 0 fully saturated rings. The maximum Gasteiger partial charge on any atom is 0.240 e. The maximum atomic E-state index is 5.69. The molecule has 0 aliphatic carbocycles. The number of methoxy groups -OCH3 is 1. The predicted molar refractivity (Wildman–Crippen MR) is 118 cm³/mol. The molecule has 5 rings (SSSR count). The van der Waals surface area contributed by atoms with E-state index in [4.69, 9.17) is 15.5 Å². The maximum absolute atomic E-state index is 5.69. The Hall–Kier alpha value is -4.04. The highest BCUT2D eigenvalue weighted by atomic mass is 16.5. The summed E-state index contributed by atoms with van der Waals surface area (Å²) in [6.07, 6.45) is 5.67. The molecular formula is C23H21N7O. The number of ether oxygens (including phenoxy) is 1. The molecule has 8 nitrogen and oxygen atoms in total. The van der Waals surface area contributed by atoms with Crippen LogP contribution in [0.15, 0.2) is 79.3 Å². The zero-order valence-electron chi connectivity index (χ0n) is 17.0. The lowest BCUT2D eigenvalue weighted by Gasteiger charge is -2.17. The lowest BCUT2D eigenvalue weighted by Crippen LogP contribution is -2.16. The summed E-state index contributed by atoms with van der Waals surface area (Å²) in [6.45, 7) is 0.528. The number of rotatable bonds is 6. The van der Waals surface area contributed by atoms with Crippen LogP contribution in [0.3, 0.4) is 0 Å². The van der Waals surface area contributed by atoms with Crippen LogP contribution < -0.4 is 5.73 Å². The smallest absolute Gasteiger partial charge is 0.240 e. The second-order valence-electron chi connectivity index (χ2n) is 7.19. The van der Waals surface area contributed by atoms with Crippen molar-refractivity contribution in [3.05, 3.63) is 84.8 Å². The van der Waals surface area contributed by atoms with Crippen LogP contribution in [0.25, 0.3) is 28.2 Å². The van der Waals surface area contributed by atoms with Crippen molar-refractivity contribution >= 4 is 11.6 Å². The van der Waals surface area contributed by atoms with E-state index in [1.807, 2.05) is 71.8 Å². The van der Waals surface area contributed by atoms with E-state index in [-0.39, 0.29) is 12.0 Å². The zero-order valence-corrected chi connectivity index (χ0v) is 17.0. The molecule has 0 aliphatic heterocycles. The summed E-state index contributed by atoms with van der Waals surface area (Å²) >= 11 is 0. The van der Waals surface area contributed by atoms with Gasteiger partial charge in [0.25, 0.3) is 0 Å². The van der Waals surface area contributed by atoms with Gasteiger partial charge in [-0.3, -0.25) is 4.68 Å². The van der Waals surface area contributed by atoms with Crippen molar-refractivity contribution in [1.29, 1.82) is 0 Å². The lowest BCUT2D eigenvalue weighted by atomic mass is 10.1. The highest BCUT2D eigenvalue weighted by Crippen LogP contribution is 2.25. The molecule has 4 heterocycles. The number of anilines is 1. The number of nitrogens with two attached hydrogens (primary N) is 1. The molecule has 0 saturated heterocycles. The van der Waals surface area contributed by atoms with Crippen LogP contribution in [-0.2, 0) is 4.74 Å². The zero-order chi connectivity index (χ0) is 21.2. The number of nitrogen functional groups attached to an aromatic ring is 1. The fourth-order valence-corrected chi connectivity index (χ4v) is 3.61. The summed E-state index contributed by atoms with van der Waals surface area (Å²) in [5, 5.41) is 8.71. The third-order valence-electron chi connectivity index (χ3n) is 5.12. The minimum Gasteiger partial charge on any atom is -0.382 e. The van der Waals surface area contributed by atoms with E-state index in [0.717, 1.165) is 28.1 Å². The van der Waals surface area contributed by atoms with E-state index in [1.54, 1.807) is 11.6 Å². The van der Waals surface area contributed by atoms with Crippen LogP contribution in [0.5, 0.6) is 0 Å². The monoisotopic (exact) mass is 411 g/mol. The van der Waals surface area contributed by atoms with Gasteiger partial charge in [-0.15, -0.1) is 5.10 Å². The lowest BCUT2D eigenvalue weighted by molar-refractivity contribution is 0.164. The summed E-state index contributed by atoms with van der Waals surface area (Å²) < 4.78 is 9.01. The van der Waals surface area contributed by atoms with Crippen LogP contribution >= 0.6 is 0 Å². The topological polar surface area (TPSA) is 96.2 Å². The standard InChI is InChI=1S/C23H21N7O/c1-31-15-21(16-6-3-2-4-7-16)30-14-18(13-25-30)20-9-5-8-19(26-20)17-10-11-29-22(12-17)27-23(24)28-29/h2-14,21H,15H2,1H3,(H2,24,28). The quantitative estimate of drug-likeness (QED) is 0.460. The van der Waals surface area contributed by atoms with Crippen LogP contribution in [0.2, 0.25) is 0 Å². The van der Waals surface area contributed by atoms with Gasteiger partial charge in [-0.1, -0.05) is 36.4 Å². The molecule has 0 radical (unpaired) electrons. The van der Waals surface area contributed by atoms with Gasteiger partial charge < -0.3 is 10.5 Å². The molecule has 0 amide bonds. The molecule has 4 aromatic heterocycles. The van der Waals surface area contributed by atoms with Gasteiger partial charge in [0, 0.05) is 30.6 Å². The molecule has 0 saturated carbocycles. The van der Waals surface area contributed by atoms with E-state index in [1.165, 1.54) is 0 Å². The molecular weight excluding hydrogens is 390 g/mol. The first kappa shape index (κ1) is 19.0. The van der Waals surface area contributed by atoms with E-state index in [2.05, 4.69) is 27.3 Å². The molecule has 0 bridgehead atoms. The van der Waals surface area contributed by atoms with Gasteiger partial charge >= 0.3 is 0 Å². The number of pyridine rings is 2. The van der Waals surface area contributed by atoms with Crippen molar-refractivity contribution in [3.8, 4) is 22.5 Å². The molecule has 154 valence electrons.